The van der Waals surface area contributed by atoms with Crippen LogP contribution in [0.15, 0.2) is 12.1 Å². The first kappa shape index (κ1) is 14.0. The molecule has 1 aromatic carbocycles. The van der Waals surface area contributed by atoms with Gasteiger partial charge in [-0.1, -0.05) is 18.5 Å². The van der Waals surface area contributed by atoms with Crippen LogP contribution in [0.3, 0.4) is 0 Å². The second-order valence-electron chi connectivity index (χ2n) is 5.16. The van der Waals surface area contributed by atoms with E-state index in [2.05, 4.69) is 5.32 Å². The highest BCUT2D eigenvalue weighted by Crippen LogP contribution is 2.39. The van der Waals surface area contributed by atoms with E-state index in [-0.39, 0.29) is 25.3 Å². The first-order valence-corrected chi connectivity index (χ1v) is 6.98. The quantitative estimate of drug-likeness (QED) is 0.863. The van der Waals surface area contributed by atoms with Gasteiger partial charge in [0.15, 0.2) is 18.1 Å². The molecule has 2 aliphatic rings. The molecule has 0 aromatic heterocycles. The van der Waals surface area contributed by atoms with E-state index in [4.69, 9.17) is 25.8 Å². The Morgan fingerprint density at radius 1 is 1.38 bits per heavy atom. The second kappa shape index (κ2) is 5.44. The van der Waals surface area contributed by atoms with Crippen LogP contribution in [0, 0.1) is 11.8 Å². The number of carbonyl (C=O) groups is 2. The van der Waals surface area contributed by atoms with Crippen molar-refractivity contribution in [3.8, 4) is 11.5 Å². The molecule has 1 saturated carbocycles. The highest BCUT2D eigenvalue weighted by Gasteiger charge is 2.40. The van der Waals surface area contributed by atoms with Crippen LogP contribution >= 0.6 is 11.6 Å². The summed E-state index contributed by atoms with van der Waals surface area (Å²) >= 11 is 6.04. The third kappa shape index (κ3) is 3.05. The molecule has 1 amide bonds. The van der Waals surface area contributed by atoms with Crippen LogP contribution < -0.4 is 14.8 Å². The molecule has 1 N–H and O–H groups in total. The van der Waals surface area contributed by atoms with Crippen molar-refractivity contribution in [3.05, 3.63) is 17.2 Å². The van der Waals surface area contributed by atoms with E-state index < -0.39 is 5.91 Å². The SMILES string of the molecule is C[C@H]1C[C@@H]1C(=O)OCC(=O)Nc1cc2c(cc1Cl)OCO2. The van der Waals surface area contributed by atoms with Crippen LogP contribution in [-0.4, -0.2) is 25.3 Å². The summed E-state index contributed by atoms with van der Waals surface area (Å²) in [5, 5.41) is 2.91. The molecule has 1 aliphatic heterocycles. The predicted octanol–water partition coefficient (Wildman–Crippen LogP) is 2.21. The summed E-state index contributed by atoms with van der Waals surface area (Å²) in [6.45, 7) is 1.77. The molecule has 0 saturated heterocycles. The van der Waals surface area contributed by atoms with E-state index in [1.165, 1.54) is 0 Å². The molecule has 3 rings (SSSR count). The number of benzene rings is 1. The van der Waals surface area contributed by atoms with Gasteiger partial charge in [0.2, 0.25) is 6.79 Å². The lowest BCUT2D eigenvalue weighted by Crippen LogP contribution is -2.21. The number of halogens is 1. The summed E-state index contributed by atoms with van der Waals surface area (Å²) in [5.74, 6) is 0.563. The summed E-state index contributed by atoms with van der Waals surface area (Å²) in [7, 11) is 0. The third-order valence-corrected chi connectivity index (χ3v) is 3.81. The van der Waals surface area contributed by atoms with Gasteiger partial charge in [-0.15, -0.1) is 0 Å². The van der Waals surface area contributed by atoms with Gasteiger partial charge in [-0.3, -0.25) is 9.59 Å². The lowest BCUT2D eigenvalue weighted by molar-refractivity contribution is -0.148. The van der Waals surface area contributed by atoms with Crippen molar-refractivity contribution in [2.45, 2.75) is 13.3 Å². The molecule has 0 bridgehead atoms. The van der Waals surface area contributed by atoms with Gasteiger partial charge in [0, 0.05) is 12.1 Å². The van der Waals surface area contributed by atoms with Crippen molar-refractivity contribution in [2.24, 2.45) is 11.8 Å². The van der Waals surface area contributed by atoms with E-state index >= 15 is 0 Å². The Bertz CT molecular complexity index is 603. The van der Waals surface area contributed by atoms with Crippen molar-refractivity contribution in [2.75, 3.05) is 18.7 Å². The van der Waals surface area contributed by atoms with Gasteiger partial charge in [-0.2, -0.15) is 0 Å². The van der Waals surface area contributed by atoms with Crippen LogP contribution in [0.25, 0.3) is 0 Å². The molecule has 1 fully saturated rings. The number of nitrogens with one attached hydrogen (secondary N) is 1. The van der Waals surface area contributed by atoms with Crippen LogP contribution in [-0.2, 0) is 14.3 Å². The van der Waals surface area contributed by atoms with Crippen LogP contribution in [0.5, 0.6) is 11.5 Å². The molecule has 0 unspecified atom stereocenters. The maximum absolute atomic E-state index is 11.8. The monoisotopic (exact) mass is 311 g/mol. The number of hydrogen-bond acceptors (Lipinski definition) is 5. The van der Waals surface area contributed by atoms with Crippen LogP contribution in [0.2, 0.25) is 5.02 Å². The Labute approximate surface area is 126 Å². The number of rotatable bonds is 4. The predicted molar refractivity (Wildman–Crippen MR) is 74.4 cm³/mol. The van der Waals surface area contributed by atoms with E-state index in [1.807, 2.05) is 6.92 Å². The molecule has 0 radical (unpaired) electrons. The van der Waals surface area contributed by atoms with E-state index in [1.54, 1.807) is 12.1 Å². The van der Waals surface area contributed by atoms with E-state index in [0.717, 1.165) is 6.42 Å². The topological polar surface area (TPSA) is 73.9 Å². The van der Waals surface area contributed by atoms with Gasteiger partial charge >= 0.3 is 5.97 Å². The Balaban J connectivity index is 1.56. The molecular formula is C14H14ClNO5. The Kier molecular flexibility index (Phi) is 3.63. The fourth-order valence-electron chi connectivity index (χ4n) is 2.09. The van der Waals surface area contributed by atoms with E-state index in [0.29, 0.717) is 28.1 Å². The van der Waals surface area contributed by atoms with Crippen LogP contribution in [0.1, 0.15) is 13.3 Å². The van der Waals surface area contributed by atoms with Gasteiger partial charge in [0.25, 0.3) is 5.91 Å². The number of anilines is 1. The molecule has 1 aromatic rings. The molecular weight excluding hydrogens is 298 g/mol. The fourth-order valence-corrected chi connectivity index (χ4v) is 2.29. The Hall–Kier alpha value is -1.95. The summed E-state index contributed by atoms with van der Waals surface area (Å²) in [4.78, 5) is 23.3. The lowest BCUT2D eigenvalue weighted by atomic mass is 10.2. The number of esters is 1. The zero-order valence-corrected chi connectivity index (χ0v) is 12.1. The standard InChI is InChI=1S/C14H14ClNO5/c1-7-2-8(7)14(18)19-5-13(17)16-10-4-12-11(3-9(10)15)20-6-21-12/h3-4,7-8H,2,5-6H2,1H3,(H,16,17)/t7-,8-/m0/s1. The minimum atomic E-state index is -0.447. The summed E-state index contributed by atoms with van der Waals surface area (Å²) in [6.07, 6.45) is 0.828. The number of ether oxygens (including phenoxy) is 3. The second-order valence-corrected chi connectivity index (χ2v) is 5.57. The highest BCUT2D eigenvalue weighted by molar-refractivity contribution is 6.34. The average molecular weight is 312 g/mol. The smallest absolute Gasteiger partial charge is 0.309 e. The fraction of sp³-hybridized carbons (Fsp3) is 0.429. The molecule has 1 heterocycles. The Morgan fingerprint density at radius 2 is 2.05 bits per heavy atom. The molecule has 112 valence electrons. The maximum Gasteiger partial charge on any atom is 0.309 e. The average Bonchev–Trinajstić information content (AvgIpc) is 3.00. The molecule has 0 spiro atoms. The van der Waals surface area contributed by atoms with E-state index in [9.17, 15) is 9.59 Å². The maximum atomic E-state index is 11.8. The first-order valence-electron chi connectivity index (χ1n) is 6.60. The highest BCUT2D eigenvalue weighted by atomic mass is 35.5. The molecule has 2 atom stereocenters. The number of carbonyl (C=O) groups excluding carboxylic acids is 2. The van der Waals surface area contributed by atoms with Gasteiger partial charge in [-0.05, 0) is 12.3 Å². The van der Waals surface area contributed by atoms with Crippen molar-refractivity contribution in [1.29, 1.82) is 0 Å². The number of fused-ring (bicyclic) bond motifs is 1. The van der Waals surface area contributed by atoms with Gasteiger partial charge in [0.05, 0.1) is 16.6 Å². The lowest BCUT2D eigenvalue weighted by Gasteiger charge is -2.09. The number of amides is 1. The Morgan fingerprint density at radius 3 is 2.71 bits per heavy atom. The van der Waals surface area contributed by atoms with Crippen molar-refractivity contribution in [3.63, 3.8) is 0 Å². The van der Waals surface area contributed by atoms with Gasteiger partial charge in [0.1, 0.15) is 0 Å². The summed E-state index contributed by atoms with van der Waals surface area (Å²) < 4.78 is 15.3. The summed E-state index contributed by atoms with van der Waals surface area (Å²) in [5.41, 5.74) is 0.391. The van der Waals surface area contributed by atoms with Crippen LogP contribution in [0.4, 0.5) is 5.69 Å². The first-order chi connectivity index (χ1) is 10.0. The molecule has 7 heteroatoms. The molecule has 1 aliphatic carbocycles. The largest absolute Gasteiger partial charge is 0.455 e. The zero-order chi connectivity index (χ0) is 15.0. The van der Waals surface area contributed by atoms with Crippen molar-refractivity contribution >= 4 is 29.2 Å². The minimum absolute atomic E-state index is 0.0630. The van der Waals surface area contributed by atoms with Gasteiger partial charge < -0.3 is 19.5 Å². The number of hydrogen-bond donors (Lipinski definition) is 1. The molecule has 6 nitrogen and oxygen atoms in total. The third-order valence-electron chi connectivity index (χ3n) is 3.49. The van der Waals surface area contributed by atoms with Crippen molar-refractivity contribution < 1.29 is 23.8 Å². The zero-order valence-electron chi connectivity index (χ0n) is 11.3. The van der Waals surface area contributed by atoms with Gasteiger partial charge in [-0.25, -0.2) is 0 Å². The molecule has 21 heavy (non-hydrogen) atoms. The minimum Gasteiger partial charge on any atom is -0.455 e. The summed E-state index contributed by atoms with van der Waals surface area (Å²) in [6, 6.07) is 3.14. The normalized spacial score (nSPS) is 21.8. The van der Waals surface area contributed by atoms with Crippen molar-refractivity contribution in [1.82, 2.24) is 0 Å².